The van der Waals surface area contributed by atoms with Crippen LogP contribution in [0.3, 0.4) is 0 Å². The van der Waals surface area contributed by atoms with Crippen LogP contribution in [0.15, 0.2) is 24.3 Å². The van der Waals surface area contributed by atoms with Gasteiger partial charge >= 0.3 is 0 Å². The third kappa shape index (κ3) is 4.74. The van der Waals surface area contributed by atoms with Crippen molar-refractivity contribution in [2.24, 2.45) is 0 Å². The van der Waals surface area contributed by atoms with Gasteiger partial charge in [-0.25, -0.2) is 0 Å². The summed E-state index contributed by atoms with van der Waals surface area (Å²) >= 11 is 2.23. The lowest BCUT2D eigenvalue weighted by molar-refractivity contribution is -0.928. The number of hydrogen-bond donors (Lipinski definition) is 2. The second-order valence-electron chi connectivity index (χ2n) is 5.67. The topological polar surface area (TPSA) is 33.5 Å². The number of halogens is 1. The van der Waals surface area contributed by atoms with Crippen LogP contribution in [0.2, 0.25) is 0 Å². The number of carbonyl (C=O) groups excluding carboxylic acids is 1. The molecule has 0 aliphatic carbocycles. The Kier molecular flexibility index (Phi) is 6.29. The van der Waals surface area contributed by atoms with E-state index in [1.54, 1.807) is 4.90 Å². The van der Waals surface area contributed by atoms with Gasteiger partial charge < -0.3 is 10.2 Å². The van der Waals surface area contributed by atoms with E-state index in [2.05, 4.69) is 34.8 Å². The number of rotatable bonds is 5. The molecule has 0 spiro atoms. The van der Waals surface area contributed by atoms with Crippen LogP contribution in [0.5, 0.6) is 0 Å². The summed E-state index contributed by atoms with van der Waals surface area (Å²) in [5.41, 5.74) is 0.760. The van der Waals surface area contributed by atoms with Crippen LogP contribution in [0, 0.1) is 3.57 Å². The molecule has 2 rings (SSSR count). The zero-order chi connectivity index (χ0) is 14.4. The molecular formula is C16H24IN2O+. The van der Waals surface area contributed by atoms with E-state index in [1.165, 1.54) is 32.4 Å². The first-order valence-electron chi connectivity index (χ1n) is 7.55. The molecular weight excluding hydrogens is 363 g/mol. The van der Waals surface area contributed by atoms with E-state index in [0.717, 1.165) is 28.1 Å². The zero-order valence-electron chi connectivity index (χ0n) is 12.1. The highest BCUT2D eigenvalue weighted by atomic mass is 127. The molecule has 4 heteroatoms. The van der Waals surface area contributed by atoms with Crippen LogP contribution in [-0.4, -0.2) is 31.6 Å². The van der Waals surface area contributed by atoms with Crippen LogP contribution < -0.4 is 10.2 Å². The average molecular weight is 387 g/mol. The second kappa shape index (κ2) is 7.98. The molecule has 1 fully saturated rings. The summed E-state index contributed by atoms with van der Waals surface area (Å²) in [4.78, 5) is 13.7. The summed E-state index contributed by atoms with van der Waals surface area (Å²) < 4.78 is 1.10. The van der Waals surface area contributed by atoms with Crippen LogP contribution in [-0.2, 0) is 0 Å². The van der Waals surface area contributed by atoms with Gasteiger partial charge in [-0.3, -0.25) is 4.79 Å². The molecule has 0 saturated carbocycles. The minimum absolute atomic E-state index is 0.0465. The molecule has 20 heavy (non-hydrogen) atoms. The van der Waals surface area contributed by atoms with Gasteiger partial charge in [0.1, 0.15) is 0 Å². The Balaban J connectivity index is 1.69. The molecule has 2 atom stereocenters. The highest BCUT2D eigenvalue weighted by molar-refractivity contribution is 14.1. The lowest BCUT2D eigenvalue weighted by Crippen LogP contribution is -3.16. The van der Waals surface area contributed by atoms with Gasteiger partial charge in [0.25, 0.3) is 5.91 Å². The summed E-state index contributed by atoms with van der Waals surface area (Å²) in [6, 6.07) is 8.51. The van der Waals surface area contributed by atoms with Crippen molar-refractivity contribution in [1.82, 2.24) is 5.32 Å². The summed E-state index contributed by atoms with van der Waals surface area (Å²) in [7, 11) is 0. The summed E-state index contributed by atoms with van der Waals surface area (Å²) in [5, 5.41) is 3.02. The third-order valence-corrected chi connectivity index (χ3v) is 4.80. The number of quaternary nitrogens is 1. The van der Waals surface area contributed by atoms with Gasteiger partial charge in [0, 0.05) is 22.1 Å². The van der Waals surface area contributed by atoms with Crippen LogP contribution in [0.4, 0.5) is 0 Å². The van der Waals surface area contributed by atoms with E-state index in [1.807, 2.05) is 24.3 Å². The van der Waals surface area contributed by atoms with Crippen molar-refractivity contribution in [2.75, 3.05) is 19.6 Å². The fourth-order valence-electron chi connectivity index (χ4n) is 2.87. The molecule has 1 aromatic rings. The van der Waals surface area contributed by atoms with Gasteiger partial charge in [-0.05, 0) is 67.0 Å². The van der Waals surface area contributed by atoms with Gasteiger partial charge in [-0.1, -0.05) is 6.07 Å². The molecule has 2 N–H and O–H groups in total. The van der Waals surface area contributed by atoms with Crippen LogP contribution in [0.1, 0.15) is 43.0 Å². The Morgan fingerprint density at radius 3 is 3.05 bits per heavy atom. The first-order chi connectivity index (χ1) is 9.66. The summed E-state index contributed by atoms with van der Waals surface area (Å²) in [6.07, 6.45) is 5.15. The standard InChI is InChI=1S/C16H23IN2O/c1-13-6-2-3-10-19(13)11-5-9-18-16(20)14-7-4-8-15(17)12-14/h4,7-8,12-13H,2-3,5-6,9-11H2,1H3,(H,18,20)/p+1/t13-/m1/s1. The van der Waals surface area contributed by atoms with Crippen molar-refractivity contribution < 1.29 is 9.69 Å². The lowest BCUT2D eigenvalue weighted by Gasteiger charge is -2.30. The Bertz CT molecular complexity index is 450. The normalized spacial score (nSPS) is 22.5. The second-order valence-corrected chi connectivity index (χ2v) is 6.92. The minimum Gasteiger partial charge on any atom is -0.352 e. The molecule has 0 radical (unpaired) electrons. The van der Waals surface area contributed by atoms with Crippen molar-refractivity contribution in [1.29, 1.82) is 0 Å². The number of hydrogen-bond acceptors (Lipinski definition) is 1. The predicted octanol–water partition coefficient (Wildman–Crippen LogP) is 1.87. The minimum atomic E-state index is 0.0465. The molecule has 110 valence electrons. The van der Waals surface area contributed by atoms with E-state index in [-0.39, 0.29) is 5.91 Å². The first kappa shape index (κ1) is 15.8. The summed E-state index contributed by atoms with van der Waals surface area (Å²) in [6.45, 7) is 5.60. The highest BCUT2D eigenvalue weighted by Gasteiger charge is 2.20. The summed E-state index contributed by atoms with van der Waals surface area (Å²) in [5.74, 6) is 0.0465. The Labute approximate surface area is 135 Å². The lowest BCUT2D eigenvalue weighted by atomic mass is 10.0. The highest BCUT2D eigenvalue weighted by Crippen LogP contribution is 2.07. The molecule has 1 amide bonds. The Morgan fingerprint density at radius 1 is 1.45 bits per heavy atom. The Hall–Kier alpha value is -0.620. The third-order valence-electron chi connectivity index (χ3n) is 4.13. The van der Waals surface area contributed by atoms with E-state index >= 15 is 0 Å². The van der Waals surface area contributed by atoms with Crippen molar-refractivity contribution in [3.05, 3.63) is 33.4 Å². The molecule has 0 bridgehead atoms. The van der Waals surface area contributed by atoms with Crippen molar-refractivity contribution in [2.45, 2.75) is 38.6 Å². The SMILES string of the molecule is C[C@@H]1CCCC[NH+]1CCCNC(=O)c1cccc(I)c1. The van der Waals surface area contributed by atoms with E-state index in [0.29, 0.717) is 0 Å². The van der Waals surface area contributed by atoms with Crippen LogP contribution >= 0.6 is 22.6 Å². The number of benzene rings is 1. The molecule has 1 unspecified atom stereocenters. The Morgan fingerprint density at radius 2 is 2.30 bits per heavy atom. The van der Waals surface area contributed by atoms with Gasteiger partial charge in [0.05, 0.1) is 19.1 Å². The number of carbonyl (C=O) groups is 1. The molecule has 1 saturated heterocycles. The molecule has 1 aliphatic rings. The molecule has 1 aromatic carbocycles. The fourth-order valence-corrected chi connectivity index (χ4v) is 3.42. The van der Waals surface area contributed by atoms with E-state index in [4.69, 9.17) is 0 Å². The van der Waals surface area contributed by atoms with Gasteiger partial charge in [0.15, 0.2) is 0 Å². The number of likely N-dealkylation sites (tertiary alicyclic amines) is 1. The molecule has 1 aliphatic heterocycles. The number of nitrogens with one attached hydrogen (secondary N) is 2. The quantitative estimate of drug-likeness (QED) is 0.587. The maximum Gasteiger partial charge on any atom is 0.251 e. The predicted molar refractivity (Wildman–Crippen MR) is 90.1 cm³/mol. The maximum atomic E-state index is 12.0. The van der Waals surface area contributed by atoms with Gasteiger partial charge in [0.2, 0.25) is 0 Å². The van der Waals surface area contributed by atoms with E-state index < -0.39 is 0 Å². The monoisotopic (exact) mass is 387 g/mol. The molecule has 1 heterocycles. The van der Waals surface area contributed by atoms with Crippen molar-refractivity contribution in [3.63, 3.8) is 0 Å². The number of amides is 1. The first-order valence-corrected chi connectivity index (χ1v) is 8.63. The average Bonchev–Trinajstić information content (AvgIpc) is 2.45. The number of piperidine rings is 1. The molecule has 0 aromatic heterocycles. The van der Waals surface area contributed by atoms with Crippen LogP contribution in [0.25, 0.3) is 0 Å². The van der Waals surface area contributed by atoms with Gasteiger partial charge in [-0.2, -0.15) is 0 Å². The fraction of sp³-hybridized carbons (Fsp3) is 0.562. The van der Waals surface area contributed by atoms with Crippen molar-refractivity contribution in [3.8, 4) is 0 Å². The van der Waals surface area contributed by atoms with Gasteiger partial charge in [-0.15, -0.1) is 0 Å². The smallest absolute Gasteiger partial charge is 0.251 e. The maximum absolute atomic E-state index is 12.0. The van der Waals surface area contributed by atoms with E-state index in [9.17, 15) is 4.79 Å². The largest absolute Gasteiger partial charge is 0.352 e. The molecule has 3 nitrogen and oxygen atoms in total. The van der Waals surface area contributed by atoms with Crippen molar-refractivity contribution >= 4 is 28.5 Å². The zero-order valence-corrected chi connectivity index (χ0v) is 14.3.